The lowest BCUT2D eigenvalue weighted by Gasteiger charge is -2.38. The highest BCUT2D eigenvalue weighted by Gasteiger charge is 2.33. The van der Waals surface area contributed by atoms with Crippen LogP contribution in [0.15, 0.2) is 21.1 Å². The van der Waals surface area contributed by atoms with Crippen molar-refractivity contribution in [2.24, 2.45) is 0 Å². The second-order valence-electron chi connectivity index (χ2n) is 7.91. The average Bonchev–Trinajstić information content (AvgIpc) is 2.69. The normalized spacial score (nSPS) is 13.0. The van der Waals surface area contributed by atoms with Crippen molar-refractivity contribution in [2.45, 2.75) is 90.9 Å². The van der Waals surface area contributed by atoms with Gasteiger partial charge in [0.05, 0.1) is 18.8 Å². The summed E-state index contributed by atoms with van der Waals surface area (Å²) in [6, 6.07) is 3.76. The Morgan fingerprint density at radius 3 is 1.59 bits per heavy atom. The summed E-state index contributed by atoms with van der Waals surface area (Å²) in [6.45, 7) is 5.64. The van der Waals surface area contributed by atoms with Crippen LogP contribution in [0.3, 0.4) is 0 Å². The van der Waals surface area contributed by atoms with Crippen molar-refractivity contribution in [1.82, 2.24) is 3.89 Å². The van der Waals surface area contributed by atoms with Gasteiger partial charge >= 0.3 is 0 Å². The zero-order valence-corrected chi connectivity index (χ0v) is 22.0. The molecule has 1 aromatic carbocycles. The Balaban J connectivity index is 2.95. The molecule has 7 heteroatoms. The van der Waals surface area contributed by atoms with Crippen LogP contribution in [0.2, 0.25) is 0 Å². The highest BCUT2D eigenvalue weighted by atomic mass is 79.9. The number of quaternary nitrogens is 1. The van der Waals surface area contributed by atoms with Gasteiger partial charge in [-0.05, 0) is 57.5 Å². The number of benzene rings is 1. The van der Waals surface area contributed by atoms with Crippen LogP contribution in [0.4, 0.5) is 11.4 Å². The second-order valence-corrected chi connectivity index (χ2v) is 10.8. The first kappa shape index (κ1) is 27.1. The van der Waals surface area contributed by atoms with Crippen LogP contribution in [0, 0.1) is 0 Å². The van der Waals surface area contributed by atoms with Gasteiger partial charge in [-0.1, -0.05) is 65.2 Å². The van der Waals surface area contributed by atoms with E-state index < -0.39 is 11.3 Å². The number of halogens is 2. The van der Waals surface area contributed by atoms with E-state index in [9.17, 15) is 8.76 Å². The SMILES string of the molecule is CCCCCCCC[N+](CCCCCCCC)(c1cc(Br)c(N)c(Br)c1)S(=O)[O-]. The second kappa shape index (κ2) is 15.0. The molecule has 0 aromatic heterocycles. The lowest BCUT2D eigenvalue weighted by Crippen LogP contribution is -2.52. The lowest BCUT2D eigenvalue weighted by molar-refractivity contribution is 0.361. The molecule has 0 aliphatic heterocycles. The summed E-state index contributed by atoms with van der Waals surface area (Å²) in [6.07, 6.45) is 13.7. The Bertz CT molecular complexity index is 590. The average molecular weight is 554 g/mol. The number of anilines is 1. The van der Waals surface area contributed by atoms with Crippen molar-refractivity contribution < 1.29 is 8.76 Å². The standard InChI is InChI=1S/C22H38Br2N2O2S/c1-3-5-7-9-11-13-15-26(29(27)28,16-14-12-10-8-6-4-2)19-17-20(23)22(25)21(24)18-19/h17-18H,3-16,25H2,1-2H3. The van der Waals surface area contributed by atoms with Crippen molar-refractivity contribution in [2.75, 3.05) is 18.8 Å². The van der Waals surface area contributed by atoms with Gasteiger partial charge in [-0.2, -0.15) is 0 Å². The van der Waals surface area contributed by atoms with Crippen LogP contribution in [0.5, 0.6) is 0 Å². The number of hydrogen-bond acceptors (Lipinski definition) is 3. The molecular weight excluding hydrogens is 516 g/mol. The molecule has 1 atom stereocenters. The van der Waals surface area contributed by atoms with Gasteiger partial charge in [-0.25, -0.2) is 8.10 Å². The van der Waals surface area contributed by atoms with E-state index in [4.69, 9.17) is 5.73 Å². The number of nitrogen functional groups attached to an aromatic ring is 1. The number of nitrogens with zero attached hydrogens (tertiary/aromatic N) is 1. The zero-order chi connectivity index (χ0) is 21.7. The molecular formula is C22H38Br2N2O2S. The van der Waals surface area contributed by atoms with Gasteiger partial charge in [0.25, 0.3) is 0 Å². The van der Waals surface area contributed by atoms with Crippen LogP contribution in [0.25, 0.3) is 0 Å². The van der Waals surface area contributed by atoms with Crippen LogP contribution in [-0.2, 0) is 11.3 Å². The predicted molar refractivity (Wildman–Crippen MR) is 133 cm³/mol. The Morgan fingerprint density at radius 1 is 0.828 bits per heavy atom. The van der Waals surface area contributed by atoms with Gasteiger partial charge in [-0.3, -0.25) is 0 Å². The topological polar surface area (TPSA) is 66.2 Å². The molecule has 0 aliphatic carbocycles. The quantitative estimate of drug-likeness (QED) is 0.0990. The first-order chi connectivity index (χ1) is 13.9. The largest absolute Gasteiger partial charge is 0.724 e. The molecule has 0 spiro atoms. The summed E-state index contributed by atoms with van der Waals surface area (Å²) in [4.78, 5) is 0. The molecule has 1 rings (SSSR count). The molecule has 0 heterocycles. The third-order valence-corrected chi connectivity index (χ3v) is 8.02. The van der Waals surface area contributed by atoms with E-state index in [-0.39, 0.29) is 3.89 Å². The minimum absolute atomic E-state index is 0.0148. The highest BCUT2D eigenvalue weighted by Crippen LogP contribution is 2.37. The maximum atomic E-state index is 12.6. The molecule has 0 fully saturated rings. The Labute approximate surface area is 197 Å². The Kier molecular flexibility index (Phi) is 14.0. The van der Waals surface area contributed by atoms with Crippen molar-refractivity contribution >= 4 is 54.5 Å². The van der Waals surface area contributed by atoms with E-state index in [0.717, 1.165) is 40.3 Å². The molecule has 4 nitrogen and oxygen atoms in total. The fourth-order valence-corrected chi connectivity index (χ4v) is 5.70. The third kappa shape index (κ3) is 8.98. The van der Waals surface area contributed by atoms with Gasteiger partial charge in [0.1, 0.15) is 5.69 Å². The van der Waals surface area contributed by atoms with Crippen molar-refractivity contribution in [3.8, 4) is 0 Å². The predicted octanol–water partition coefficient (Wildman–Crippen LogP) is 7.62. The van der Waals surface area contributed by atoms with Gasteiger partial charge in [-0.15, -0.1) is 0 Å². The molecule has 1 aromatic rings. The first-order valence-electron chi connectivity index (χ1n) is 11.1. The van der Waals surface area contributed by atoms with E-state index in [0.29, 0.717) is 18.8 Å². The van der Waals surface area contributed by atoms with E-state index in [2.05, 4.69) is 45.7 Å². The monoisotopic (exact) mass is 552 g/mol. The van der Waals surface area contributed by atoms with E-state index >= 15 is 0 Å². The molecule has 1 unspecified atom stereocenters. The third-order valence-electron chi connectivity index (χ3n) is 5.57. The van der Waals surface area contributed by atoms with E-state index in [1.165, 1.54) is 51.4 Å². The zero-order valence-electron chi connectivity index (χ0n) is 18.1. The molecule has 29 heavy (non-hydrogen) atoms. The Morgan fingerprint density at radius 2 is 1.21 bits per heavy atom. The molecule has 0 amide bonds. The van der Waals surface area contributed by atoms with Crippen LogP contribution in [0.1, 0.15) is 90.9 Å². The molecule has 0 saturated heterocycles. The minimum atomic E-state index is -2.25. The van der Waals surface area contributed by atoms with Crippen molar-refractivity contribution in [3.05, 3.63) is 21.1 Å². The van der Waals surface area contributed by atoms with Crippen LogP contribution >= 0.6 is 31.9 Å². The molecule has 0 aliphatic rings. The van der Waals surface area contributed by atoms with E-state index in [1.807, 2.05) is 12.1 Å². The number of nitrogens with two attached hydrogens (primary N) is 1. The van der Waals surface area contributed by atoms with E-state index in [1.54, 1.807) is 0 Å². The Hall–Kier alpha value is 0.0500. The lowest BCUT2D eigenvalue weighted by atomic mass is 10.1. The fourth-order valence-electron chi connectivity index (χ4n) is 3.71. The maximum Gasteiger partial charge on any atom is 0.153 e. The summed E-state index contributed by atoms with van der Waals surface area (Å²) in [5.41, 5.74) is 7.44. The highest BCUT2D eigenvalue weighted by molar-refractivity contribution is 9.11. The summed E-state index contributed by atoms with van der Waals surface area (Å²) >= 11 is 4.74. The number of hydrogen-bond donors (Lipinski definition) is 1. The first-order valence-corrected chi connectivity index (χ1v) is 13.7. The molecule has 0 bridgehead atoms. The van der Waals surface area contributed by atoms with Gasteiger partial charge < -0.3 is 10.3 Å². The summed E-state index contributed by atoms with van der Waals surface area (Å²) in [5.74, 6) is 0. The van der Waals surface area contributed by atoms with Crippen molar-refractivity contribution in [3.63, 3.8) is 0 Å². The van der Waals surface area contributed by atoms with Crippen molar-refractivity contribution in [1.29, 1.82) is 0 Å². The van der Waals surface area contributed by atoms with Gasteiger partial charge in [0, 0.05) is 21.1 Å². The summed E-state index contributed by atoms with van der Waals surface area (Å²) in [7, 11) is 0. The smallest absolute Gasteiger partial charge is 0.153 e. The number of unbranched alkanes of at least 4 members (excludes halogenated alkanes) is 10. The molecule has 0 radical (unpaired) electrons. The molecule has 2 N–H and O–H groups in total. The minimum Gasteiger partial charge on any atom is -0.724 e. The molecule has 0 saturated carbocycles. The van der Waals surface area contributed by atoms with Gasteiger partial charge in [0.15, 0.2) is 11.3 Å². The number of rotatable bonds is 16. The van der Waals surface area contributed by atoms with Crippen LogP contribution < -0.4 is 9.62 Å². The van der Waals surface area contributed by atoms with Crippen LogP contribution in [-0.4, -0.2) is 21.9 Å². The summed E-state index contributed by atoms with van der Waals surface area (Å²) in [5, 5.41) is 0. The summed E-state index contributed by atoms with van der Waals surface area (Å²) < 4.78 is 26.6. The molecule has 168 valence electrons. The van der Waals surface area contributed by atoms with Gasteiger partial charge in [0.2, 0.25) is 0 Å². The maximum absolute atomic E-state index is 12.6. The fraction of sp³-hybridized carbons (Fsp3) is 0.727.